The molecule has 2 rings (SSSR count). The van der Waals surface area contributed by atoms with Crippen molar-refractivity contribution in [2.75, 3.05) is 24.3 Å². The fourth-order valence-corrected chi connectivity index (χ4v) is 1.29. The summed E-state index contributed by atoms with van der Waals surface area (Å²) in [7, 11) is 0. The van der Waals surface area contributed by atoms with Crippen LogP contribution in [0.2, 0.25) is 0 Å². The van der Waals surface area contributed by atoms with E-state index in [1.165, 1.54) is 0 Å². The lowest BCUT2D eigenvalue weighted by molar-refractivity contribution is 0.125. The van der Waals surface area contributed by atoms with E-state index in [-0.39, 0.29) is 6.04 Å². The number of hydrogen-bond acceptors (Lipinski definition) is 6. The van der Waals surface area contributed by atoms with Crippen molar-refractivity contribution in [3.8, 4) is 0 Å². The summed E-state index contributed by atoms with van der Waals surface area (Å²) >= 11 is 0. The van der Waals surface area contributed by atoms with Crippen molar-refractivity contribution >= 4 is 11.8 Å². The van der Waals surface area contributed by atoms with Gasteiger partial charge in [-0.15, -0.1) is 0 Å². The van der Waals surface area contributed by atoms with E-state index in [2.05, 4.69) is 15.3 Å². The summed E-state index contributed by atoms with van der Waals surface area (Å²) in [4.78, 5) is 7.93. The third-order valence-electron chi connectivity index (χ3n) is 2.04. The first-order valence-corrected chi connectivity index (χ1v) is 4.36. The molecular weight excluding hydrogens is 184 g/mol. The Balaban J connectivity index is 2.03. The summed E-state index contributed by atoms with van der Waals surface area (Å²) < 4.78 is 5.07. The predicted molar refractivity (Wildman–Crippen MR) is 50.7 cm³/mol. The summed E-state index contributed by atoms with van der Waals surface area (Å²) in [6.45, 7) is 0.805. The van der Waals surface area contributed by atoms with Crippen LogP contribution < -0.4 is 11.1 Å². The lowest BCUT2D eigenvalue weighted by Gasteiger charge is -2.13. The summed E-state index contributed by atoms with van der Waals surface area (Å²) in [5.74, 6) is 0.815. The van der Waals surface area contributed by atoms with Crippen LogP contribution in [0.25, 0.3) is 0 Å². The normalized spacial score (nSPS) is 26.4. The number of nitrogens with one attached hydrogen (secondary N) is 1. The van der Waals surface area contributed by atoms with Crippen LogP contribution in [-0.2, 0) is 4.74 Å². The van der Waals surface area contributed by atoms with Crippen LogP contribution in [0.3, 0.4) is 0 Å². The van der Waals surface area contributed by atoms with E-state index in [1.54, 1.807) is 12.3 Å². The molecule has 0 bridgehead atoms. The van der Waals surface area contributed by atoms with Gasteiger partial charge in [-0.3, -0.25) is 0 Å². The van der Waals surface area contributed by atoms with E-state index in [4.69, 9.17) is 10.5 Å². The number of nitrogens with zero attached hydrogens (tertiary/aromatic N) is 2. The molecule has 0 amide bonds. The lowest BCUT2D eigenvalue weighted by Crippen LogP contribution is -2.32. The largest absolute Gasteiger partial charge is 0.388 e. The molecule has 0 saturated carbocycles. The van der Waals surface area contributed by atoms with Crippen molar-refractivity contribution in [3.63, 3.8) is 0 Å². The highest BCUT2D eigenvalue weighted by Gasteiger charge is 2.26. The summed E-state index contributed by atoms with van der Waals surface area (Å²) in [5.41, 5.74) is 5.48. The van der Waals surface area contributed by atoms with Crippen LogP contribution in [0.4, 0.5) is 11.8 Å². The second-order valence-corrected chi connectivity index (χ2v) is 3.16. The Kier molecular flexibility index (Phi) is 2.47. The second-order valence-electron chi connectivity index (χ2n) is 3.16. The smallest absolute Gasteiger partial charge is 0.224 e. The van der Waals surface area contributed by atoms with Crippen LogP contribution in [-0.4, -0.2) is 40.4 Å². The number of rotatable bonds is 2. The van der Waals surface area contributed by atoms with Crippen molar-refractivity contribution < 1.29 is 9.84 Å². The van der Waals surface area contributed by atoms with E-state index in [9.17, 15) is 5.11 Å². The predicted octanol–water partition coefficient (Wildman–Crippen LogP) is -0.770. The van der Waals surface area contributed by atoms with E-state index < -0.39 is 6.10 Å². The Bertz CT molecular complexity index is 320. The molecular formula is C8H12N4O2. The molecule has 0 aliphatic carbocycles. The Morgan fingerprint density at radius 1 is 1.57 bits per heavy atom. The highest BCUT2D eigenvalue weighted by molar-refractivity contribution is 5.36. The number of ether oxygens (including phenoxy) is 1. The number of aromatic nitrogens is 2. The molecule has 1 aliphatic rings. The van der Waals surface area contributed by atoms with Crippen LogP contribution in [0.1, 0.15) is 0 Å². The quantitative estimate of drug-likeness (QED) is 0.575. The third kappa shape index (κ3) is 1.91. The molecule has 0 radical (unpaired) electrons. The minimum atomic E-state index is -0.514. The Hall–Kier alpha value is -1.40. The molecule has 1 aliphatic heterocycles. The summed E-state index contributed by atoms with van der Waals surface area (Å²) in [6.07, 6.45) is 1.05. The lowest BCUT2D eigenvalue weighted by atomic mass is 10.2. The molecule has 6 nitrogen and oxygen atoms in total. The van der Waals surface area contributed by atoms with Crippen molar-refractivity contribution in [2.45, 2.75) is 12.1 Å². The molecule has 76 valence electrons. The first-order valence-electron chi connectivity index (χ1n) is 4.36. The molecule has 0 aromatic carbocycles. The minimum absolute atomic E-state index is 0.156. The van der Waals surface area contributed by atoms with Gasteiger partial charge in [0.25, 0.3) is 0 Å². The zero-order chi connectivity index (χ0) is 9.97. The van der Waals surface area contributed by atoms with Gasteiger partial charge >= 0.3 is 0 Å². The first-order chi connectivity index (χ1) is 6.75. The maximum atomic E-state index is 9.45. The standard InChI is InChI=1S/C8H12N4O2/c9-7-1-2-10-8(12-7)11-5-3-14-4-6(5)13/h1-2,5-6,13H,3-4H2,(H3,9,10,11,12). The molecule has 0 spiro atoms. The molecule has 1 fully saturated rings. The van der Waals surface area contributed by atoms with Crippen LogP contribution in [0, 0.1) is 0 Å². The minimum Gasteiger partial charge on any atom is -0.388 e. The van der Waals surface area contributed by atoms with Gasteiger partial charge in [0.2, 0.25) is 5.95 Å². The van der Waals surface area contributed by atoms with Gasteiger partial charge in [-0.1, -0.05) is 0 Å². The van der Waals surface area contributed by atoms with Crippen LogP contribution in [0.5, 0.6) is 0 Å². The number of nitrogen functional groups attached to an aromatic ring is 1. The van der Waals surface area contributed by atoms with Gasteiger partial charge in [-0.05, 0) is 6.07 Å². The highest BCUT2D eigenvalue weighted by Crippen LogP contribution is 2.10. The number of anilines is 2. The van der Waals surface area contributed by atoms with E-state index in [1.807, 2.05) is 0 Å². The van der Waals surface area contributed by atoms with Gasteiger partial charge in [-0.2, -0.15) is 4.98 Å². The second kappa shape index (κ2) is 3.77. The zero-order valence-electron chi connectivity index (χ0n) is 7.55. The van der Waals surface area contributed by atoms with Crippen LogP contribution >= 0.6 is 0 Å². The molecule has 1 saturated heterocycles. The molecule has 6 heteroatoms. The Labute approximate surface area is 81.1 Å². The van der Waals surface area contributed by atoms with Gasteiger partial charge in [-0.25, -0.2) is 4.98 Å². The Morgan fingerprint density at radius 2 is 2.43 bits per heavy atom. The number of aliphatic hydroxyl groups is 1. The highest BCUT2D eigenvalue weighted by atomic mass is 16.5. The average Bonchev–Trinajstić information content (AvgIpc) is 2.52. The average molecular weight is 196 g/mol. The molecule has 14 heavy (non-hydrogen) atoms. The topological polar surface area (TPSA) is 93.3 Å². The van der Waals surface area contributed by atoms with Gasteiger partial charge in [0.15, 0.2) is 0 Å². The molecule has 1 aromatic heterocycles. The van der Waals surface area contributed by atoms with E-state index in [0.717, 1.165) is 0 Å². The van der Waals surface area contributed by atoms with Gasteiger partial charge in [0.1, 0.15) is 5.82 Å². The third-order valence-corrected chi connectivity index (χ3v) is 2.04. The molecule has 4 N–H and O–H groups in total. The van der Waals surface area contributed by atoms with Crippen molar-refractivity contribution in [2.24, 2.45) is 0 Å². The fourth-order valence-electron chi connectivity index (χ4n) is 1.29. The van der Waals surface area contributed by atoms with Gasteiger partial charge < -0.3 is 20.9 Å². The Morgan fingerprint density at radius 3 is 3.07 bits per heavy atom. The summed E-state index contributed by atoms with van der Waals surface area (Å²) in [5, 5.41) is 12.4. The van der Waals surface area contributed by atoms with Gasteiger partial charge in [0.05, 0.1) is 25.4 Å². The van der Waals surface area contributed by atoms with E-state index >= 15 is 0 Å². The monoisotopic (exact) mass is 196 g/mol. The van der Waals surface area contributed by atoms with Gasteiger partial charge in [0, 0.05) is 6.20 Å². The van der Waals surface area contributed by atoms with Crippen molar-refractivity contribution in [3.05, 3.63) is 12.3 Å². The zero-order valence-corrected chi connectivity index (χ0v) is 7.55. The number of nitrogens with two attached hydrogens (primary N) is 1. The molecule has 2 atom stereocenters. The SMILES string of the molecule is Nc1ccnc(NC2COCC2O)n1. The maximum absolute atomic E-state index is 9.45. The number of aliphatic hydroxyl groups excluding tert-OH is 1. The summed E-state index contributed by atoms with van der Waals surface area (Å²) in [6, 6.07) is 1.45. The first kappa shape index (κ1) is 9.17. The molecule has 2 unspecified atom stereocenters. The fraction of sp³-hybridized carbons (Fsp3) is 0.500. The van der Waals surface area contributed by atoms with E-state index in [0.29, 0.717) is 25.0 Å². The molecule has 1 aromatic rings. The van der Waals surface area contributed by atoms with Crippen molar-refractivity contribution in [1.29, 1.82) is 0 Å². The molecule has 2 heterocycles. The maximum Gasteiger partial charge on any atom is 0.224 e. The van der Waals surface area contributed by atoms with Crippen LogP contribution in [0.15, 0.2) is 12.3 Å². The van der Waals surface area contributed by atoms with Crippen molar-refractivity contribution in [1.82, 2.24) is 9.97 Å². The number of hydrogen-bond donors (Lipinski definition) is 3.